The average Bonchev–Trinajstić information content (AvgIpc) is 3.10. The summed E-state index contributed by atoms with van der Waals surface area (Å²) in [6.45, 7) is 0. The van der Waals surface area contributed by atoms with Crippen molar-refractivity contribution in [2.24, 2.45) is 0 Å². The van der Waals surface area contributed by atoms with Crippen LogP contribution in [0, 0.1) is 11.3 Å². The number of ether oxygens (including phenoxy) is 1. The highest BCUT2D eigenvalue weighted by atomic mass is 79.9. The fourth-order valence-electron chi connectivity index (χ4n) is 2.20. The molecule has 1 heterocycles. The van der Waals surface area contributed by atoms with Crippen LogP contribution in [0.15, 0.2) is 58.4 Å². The van der Waals surface area contributed by atoms with Crippen molar-refractivity contribution in [3.05, 3.63) is 69.0 Å². The SMILES string of the molecule is COc1ccc(-c2csc(C(C#N)=Cc3cccc(Br)c3)n2)cc1. The molecule has 0 spiro atoms. The van der Waals surface area contributed by atoms with Gasteiger partial charge in [0.15, 0.2) is 0 Å². The smallest absolute Gasteiger partial charge is 0.134 e. The van der Waals surface area contributed by atoms with Gasteiger partial charge in [-0.15, -0.1) is 11.3 Å². The second kappa shape index (κ2) is 7.43. The van der Waals surface area contributed by atoms with Crippen molar-refractivity contribution in [2.75, 3.05) is 7.11 Å². The lowest BCUT2D eigenvalue weighted by atomic mass is 10.1. The van der Waals surface area contributed by atoms with E-state index in [2.05, 4.69) is 27.0 Å². The normalized spacial score (nSPS) is 11.1. The second-order valence-corrected chi connectivity index (χ2v) is 6.77. The van der Waals surface area contributed by atoms with Gasteiger partial charge in [0.25, 0.3) is 0 Å². The predicted octanol–water partition coefficient (Wildman–Crippen LogP) is 5.65. The van der Waals surface area contributed by atoms with Crippen LogP contribution in [0.2, 0.25) is 0 Å². The van der Waals surface area contributed by atoms with Crippen molar-refractivity contribution in [2.45, 2.75) is 0 Å². The molecule has 0 saturated heterocycles. The molecular formula is C19H13BrN2OS. The van der Waals surface area contributed by atoms with Gasteiger partial charge in [-0.25, -0.2) is 4.98 Å². The Balaban J connectivity index is 1.91. The van der Waals surface area contributed by atoms with Crippen LogP contribution in [0.5, 0.6) is 5.75 Å². The number of allylic oxidation sites excluding steroid dienone is 1. The lowest BCUT2D eigenvalue weighted by Crippen LogP contribution is -1.84. The Labute approximate surface area is 153 Å². The number of rotatable bonds is 4. The van der Waals surface area contributed by atoms with Crippen molar-refractivity contribution in [3.63, 3.8) is 0 Å². The van der Waals surface area contributed by atoms with Crippen molar-refractivity contribution in [1.29, 1.82) is 5.26 Å². The molecule has 1 aromatic heterocycles. The minimum absolute atomic E-state index is 0.554. The first kappa shape index (κ1) is 16.4. The van der Waals surface area contributed by atoms with Gasteiger partial charge in [-0.3, -0.25) is 0 Å². The summed E-state index contributed by atoms with van der Waals surface area (Å²) >= 11 is 4.91. The summed E-state index contributed by atoms with van der Waals surface area (Å²) in [5, 5.41) is 12.2. The molecule has 5 heteroatoms. The van der Waals surface area contributed by atoms with Crippen LogP contribution < -0.4 is 4.74 Å². The van der Waals surface area contributed by atoms with Gasteiger partial charge in [0.05, 0.1) is 18.4 Å². The Kier molecular flexibility index (Phi) is 5.09. The summed E-state index contributed by atoms with van der Waals surface area (Å²) in [5.74, 6) is 0.807. The summed E-state index contributed by atoms with van der Waals surface area (Å²) < 4.78 is 6.15. The third kappa shape index (κ3) is 3.73. The van der Waals surface area contributed by atoms with E-state index >= 15 is 0 Å². The van der Waals surface area contributed by atoms with Gasteiger partial charge >= 0.3 is 0 Å². The highest BCUT2D eigenvalue weighted by Gasteiger charge is 2.09. The summed E-state index contributed by atoms with van der Waals surface area (Å²) in [6, 6.07) is 17.8. The van der Waals surface area contributed by atoms with Crippen molar-refractivity contribution in [1.82, 2.24) is 4.98 Å². The van der Waals surface area contributed by atoms with Crippen LogP contribution in [0.1, 0.15) is 10.6 Å². The van der Waals surface area contributed by atoms with E-state index in [0.29, 0.717) is 10.6 Å². The molecule has 0 N–H and O–H groups in total. The Morgan fingerprint density at radius 2 is 2.04 bits per heavy atom. The fourth-order valence-corrected chi connectivity index (χ4v) is 3.41. The van der Waals surface area contributed by atoms with E-state index < -0.39 is 0 Å². The Hall–Kier alpha value is -2.42. The van der Waals surface area contributed by atoms with E-state index in [4.69, 9.17) is 4.74 Å². The lowest BCUT2D eigenvalue weighted by Gasteiger charge is -2.00. The molecule has 0 atom stereocenters. The molecule has 0 amide bonds. The molecule has 118 valence electrons. The van der Waals surface area contributed by atoms with Crippen LogP contribution in [0.4, 0.5) is 0 Å². The van der Waals surface area contributed by atoms with Gasteiger partial charge in [0.2, 0.25) is 0 Å². The Bertz CT molecular complexity index is 923. The number of aromatic nitrogens is 1. The van der Waals surface area contributed by atoms with Gasteiger partial charge in [-0.1, -0.05) is 28.1 Å². The molecule has 0 aliphatic heterocycles. The van der Waals surface area contributed by atoms with Gasteiger partial charge in [0, 0.05) is 15.4 Å². The van der Waals surface area contributed by atoms with Crippen LogP contribution >= 0.6 is 27.3 Å². The third-order valence-corrected chi connectivity index (χ3v) is 4.77. The second-order valence-electron chi connectivity index (χ2n) is 4.99. The molecule has 3 aromatic rings. The standard InChI is InChI=1S/C19H13BrN2OS/c1-23-17-7-5-14(6-8-17)18-12-24-19(22-18)15(11-21)9-13-3-2-4-16(20)10-13/h2-10,12H,1H3. The van der Waals surface area contributed by atoms with Crippen LogP contribution in [-0.2, 0) is 0 Å². The number of methoxy groups -OCH3 is 1. The topological polar surface area (TPSA) is 45.9 Å². The minimum atomic E-state index is 0.554. The summed E-state index contributed by atoms with van der Waals surface area (Å²) in [6.07, 6.45) is 1.85. The van der Waals surface area contributed by atoms with Crippen molar-refractivity contribution < 1.29 is 4.74 Å². The minimum Gasteiger partial charge on any atom is -0.497 e. The third-order valence-electron chi connectivity index (χ3n) is 3.40. The fraction of sp³-hybridized carbons (Fsp3) is 0.0526. The number of nitrogens with zero attached hydrogens (tertiary/aromatic N) is 2. The van der Waals surface area contributed by atoms with E-state index in [1.165, 1.54) is 11.3 Å². The summed E-state index contributed by atoms with van der Waals surface area (Å²) in [4.78, 5) is 4.60. The zero-order valence-corrected chi connectivity index (χ0v) is 15.3. The van der Waals surface area contributed by atoms with Crippen molar-refractivity contribution >= 4 is 38.9 Å². The molecule has 3 nitrogen and oxygen atoms in total. The number of benzene rings is 2. The first-order valence-corrected chi connectivity index (χ1v) is 8.84. The van der Waals surface area contributed by atoms with Gasteiger partial charge in [-0.05, 0) is 48.0 Å². The molecule has 0 aliphatic carbocycles. The number of hydrogen-bond donors (Lipinski definition) is 0. The van der Waals surface area contributed by atoms with E-state index in [1.54, 1.807) is 7.11 Å². The predicted molar refractivity (Wildman–Crippen MR) is 102 cm³/mol. The molecule has 0 aliphatic rings. The van der Waals surface area contributed by atoms with Crippen LogP contribution in [0.3, 0.4) is 0 Å². The quantitative estimate of drug-likeness (QED) is 0.535. The monoisotopic (exact) mass is 396 g/mol. The van der Waals surface area contributed by atoms with E-state index in [9.17, 15) is 5.26 Å². The molecule has 0 fully saturated rings. The maximum atomic E-state index is 9.48. The number of thiazole rings is 1. The molecule has 0 unspecified atom stereocenters. The highest BCUT2D eigenvalue weighted by Crippen LogP contribution is 2.28. The van der Waals surface area contributed by atoms with Gasteiger partial charge in [0.1, 0.15) is 16.8 Å². The Morgan fingerprint density at radius 1 is 1.25 bits per heavy atom. The Morgan fingerprint density at radius 3 is 2.71 bits per heavy atom. The zero-order valence-electron chi connectivity index (χ0n) is 12.9. The van der Waals surface area contributed by atoms with E-state index in [0.717, 1.165) is 27.0 Å². The van der Waals surface area contributed by atoms with Crippen LogP contribution in [0.25, 0.3) is 22.9 Å². The van der Waals surface area contributed by atoms with Gasteiger partial charge in [-0.2, -0.15) is 5.26 Å². The number of nitriles is 1. The molecule has 3 rings (SSSR count). The average molecular weight is 397 g/mol. The highest BCUT2D eigenvalue weighted by molar-refractivity contribution is 9.10. The number of halogens is 1. The first-order chi connectivity index (χ1) is 11.7. The molecule has 0 bridgehead atoms. The molecule has 24 heavy (non-hydrogen) atoms. The summed E-state index contributed by atoms with van der Waals surface area (Å²) in [7, 11) is 1.64. The van der Waals surface area contributed by atoms with Gasteiger partial charge < -0.3 is 4.74 Å². The van der Waals surface area contributed by atoms with E-state index in [1.807, 2.05) is 60.0 Å². The maximum Gasteiger partial charge on any atom is 0.134 e. The molecule has 2 aromatic carbocycles. The molecule has 0 saturated carbocycles. The number of hydrogen-bond acceptors (Lipinski definition) is 4. The largest absolute Gasteiger partial charge is 0.497 e. The van der Waals surface area contributed by atoms with E-state index in [-0.39, 0.29) is 0 Å². The van der Waals surface area contributed by atoms with Crippen molar-refractivity contribution in [3.8, 4) is 23.1 Å². The lowest BCUT2D eigenvalue weighted by molar-refractivity contribution is 0.415. The first-order valence-electron chi connectivity index (χ1n) is 7.17. The summed E-state index contributed by atoms with van der Waals surface area (Å²) in [5.41, 5.74) is 3.37. The molecular weight excluding hydrogens is 384 g/mol. The van der Waals surface area contributed by atoms with Crippen LogP contribution in [-0.4, -0.2) is 12.1 Å². The zero-order chi connectivity index (χ0) is 16.9. The molecule has 0 radical (unpaired) electrons. The maximum absolute atomic E-state index is 9.48.